The Hall–Kier alpha value is -0.850. The lowest BCUT2D eigenvalue weighted by Crippen LogP contribution is -2.49. The minimum atomic E-state index is -1.09. The van der Waals surface area contributed by atoms with Crippen molar-refractivity contribution < 1.29 is 19.7 Å². The molecule has 3 N–H and O–H groups in total. The molecule has 1 unspecified atom stereocenters. The highest BCUT2D eigenvalue weighted by atomic mass is 16.6. The van der Waals surface area contributed by atoms with Crippen LogP contribution in [0.1, 0.15) is 26.7 Å². The highest BCUT2D eigenvalue weighted by molar-refractivity contribution is 5.67. The van der Waals surface area contributed by atoms with E-state index in [-0.39, 0.29) is 18.7 Å². The number of aliphatic hydroxyl groups is 2. The molecule has 1 aliphatic heterocycles. The molecule has 0 aliphatic carbocycles. The number of rotatable bonds is 5. The van der Waals surface area contributed by atoms with Gasteiger partial charge in [-0.3, -0.25) is 0 Å². The number of nitrogens with one attached hydrogen (secondary N) is 1. The van der Waals surface area contributed by atoms with E-state index in [9.17, 15) is 9.90 Å². The molecule has 18 heavy (non-hydrogen) atoms. The molecule has 106 valence electrons. The second-order valence-electron chi connectivity index (χ2n) is 5.00. The van der Waals surface area contributed by atoms with E-state index >= 15 is 0 Å². The zero-order valence-corrected chi connectivity index (χ0v) is 11.2. The molecule has 0 saturated carbocycles. The molecule has 1 fully saturated rings. The van der Waals surface area contributed by atoms with E-state index in [1.54, 1.807) is 18.7 Å². The van der Waals surface area contributed by atoms with E-state index in [4.69, 9.17) is 9.84 Å². The van der Waals surface area contributed by atoms with Gasteiger partial charge in [-0.25, -0.2) is 4.79 Å². The Morgan fingerprint density at radius 1 is 1.50 bits per heavy atom. The lowest BCUT2D eigenvalue weighted by Gasteiger charge is -2.33. The van der Waals surface area contributed by atoms with Crippen molar-refractivity contribution in [3.8, 4) is 0 Å². The number of carbonyl (C=O) groups excluding carboxylic acids is 1. The van der Waals surface area contributed by atoms with Crippen LogP contribution in [0.15, 0.2) is 0 Å². The standard InChI is InChI=1S/C12H24N2O4/c1-3-18-11(16)14-6-4-10(5-7-14)13-8-12(2,17)9-15/h10,13,15,17H,3-9H2,1-2H3. The van der Waals surface area contributed by atoms with Crippen LogP contribution < -0.4 is 5.32 Å². The van der Waals surface area contributed by atoms with E-state index in [2.05, 4.69) is 5.32 Å². The number of aliphatic hydroxyl groups excluding tert-OH is 1. The Morgan fingerprint density at radius 3 is 2.61 bits per heavy atom. The topological polar surface area (TPSA) is 82.0 Å². The van der Waals surface area contributed by atoms with E-state index in [1.807, 2.05) is 0 Å². The van der Waals surface area contributed by atoms with Gasteiger partial charge in [0.25, 0.3) is 0 Å². The largest absolute Gasteiger partial charge is 0.450 e. The van der Waals surface area contributed by atoms with Gasteiger partial charge in [-0.05, 0) is 26.7 Å². The molecular formula is C12H24N2O4. The number of amides is 1. The normalized spacial score (nSPS) is 20.6. The summed E-state index contributed by atoms with van der Waals surface area (Å²) in [7, 11) is 0. The first kappa shape index (κ1) is 15.2. The van der Waals surface area contributed by atoms with Crippen molar-refractivity contribution in [3.63, 3.8) is 0 Å². The number of nitrogens with zero attached hydrogens (tertiary/aromatic N) is 1. The summed E-state index contributed by atoms with van der Waals surface area (Å²) in [6.45, 7) is 5.21. The third-order valence-corrected chi connectivity index (χ3v) is 3.13. The molecule has 1 rings (SSSR count). The maximum absolute atomic E-state index is 11.5. The number of hydrogen-bond donors (Lipinski definition) is 3. The number of carbonyl (C=O) groups is 1. The summed E-state index contributed by atoms with van der Waals surface area (Å²) in [5.41, 5.74) is -1.09. The molecule has 1 saturated heterocycles. The summed E-state index contributed by atoms with van der Waals surface area (Å²) in [5.74, 6) is 0. The van der Waals surface area contributed by atoms with Gasteiger partial charge in [0.15, 0.2) is 0 Å². The first-order chi connectivity index (χ1) is 8.48. The molecule has 0 aromatic carbocycles. The minimum Gasteiger partial charge on any atom is -0.450 e. The Morgan fingerprint density at radius 2 is 2.11 bits per heavy atom. The molecule has 0 spiro atoms. The van der Waals surface area contributed by atoms with E-state index in [1.165, 1.54) is 0 Å². The van der Waals surface area contributed by atoms with Gasteiger partial charge < -0.3 is 25.2 Å². The van der Waals surface area contributed by atoms with Crippen LogP contribution >= 0.6 is 0 Å². The van der Waals surface area contributed by atoms with Gasteiger partial charge in [0.2, 0.25) is 0 Å². The van der Waals surface area contributed by atoms with Gasteiger partial charge in [-0.15, -0.1) is 0 Å². The van der Waals surface area contributed by atoms with Crippen LogP contribution in [0, 0.1) is 0 Å². The average Bonchev–Trinajstić information content (AvgIpc) is 2.37. The first-order valence-electron chi connectivity index (χ1n) is 6.47. The van der Waals surface area contributed by atoms with E-state index < -0.39 is 5.60 Å². The van der Waals surface area contributed by atoms with Crippen molar-refractivity contribution in [1.82, 2.24) is 10.2 Å². The van der Waals surface area contributed by atoms with Gasteiger partial charge in [0.05, 0.1) is 18.8 Å². The predicted molar refractivity (Wildman–Crippen MR) is 67.3 cm³/mol. The van der Waals surface area contributed by atoms with Crippen molar-refractivity contribution in [3.05, 3.63) is 0 Å². The quantitative estimate of drug-likeness (QED) is 0.645. The smallest absolute Gasteiger partial charge is 0.409 e. The number of likely N-dealkylation sites (tertiary alicyclic amines) is 1. The third-order valence-electron chi connectivity index (χ3n) is 3.13. The second kappa shape index (κ2) is 6.92. The van der Waals surface area contributed by atoms with Gasteiger partial charge >= 0.3 is 6.09 Å². The lowest BCUT2D eigenvalue weighted by atomic mass is 10.0. The van der Waals surface area contributed by atoms with Crippen molar-refractivity contribution in [2.75, 3.05) is 32.8 Å². The molecule has 0 aromatic heterocycles. The lowest BCUT2D eigenvalue weighted by molar-refractivity contribution is -0.00101. The Labute approximate surface area is 108 Å². The Bertz CT molecular complexity index is 263. The average molecular weight is 260 g/mol. The highest BCUT2D eigenvalue weighted by Crippen LogP contribution is 2.12. The van der Waals surface area contributed by atoms with Crippen LogP contribution in [-0.2, 0) is 4.74 Å². The molecule has 6 nitrogen and oxygen atoms in total. The van der Waals surface area contributed by atoms with Crippen molar-refractivity contribution in [1.29, 1.82) is 0 Å². The van der Waals surface area contributed by atoms with Crippen LogP contribution in [0.5, 0.6) is 0 Å². The second-order valence-corrected chi connectivity index (χ2v) is 5.00. The summed E-state index contributed by atoms with van der Waals surface area (Å²) in [6, 6.07) is 0.272. The first-order valence-corrected chi connectivity index (χ1v) is 6.47. The van der Waals surface area contributed by atoms with Crippen molar-refractivity contribution in [2.24, 2.45) is 0 Å². The SMILES string of the molecule is CCOC(=O)N1CCC(NCC(C)(O)CO)CC1. The van der Waals surface area contributed by atoms with E-state index in [0.717, 1.165) is 12.8 Å². The third kappa shape index (κ3) is 4.80. The van der Waals surface area contributed by atoms with Gasteiger partial charge in [-0.2, -0.15) is 0 Å². The Balaban J connectivity index is 2.25. The summed E-state index contributed by atoms with van der Waals surface area (Å²) in [5, 5.41) is 21.8. The van der Waals surface area contributed by atoms with Crippen LogP contribution in [0.25, 0.3) is 0 Å². The maximum Gasteiger partial charge on any atom is 0.409 e. The molecule has 0 aromatic rings. The molecular weight excluding hydrogens is 236 g/mol. The molecule has 6 heteroatoms. The summed E-state index contributed by atoms with van der Waals surface area (Å²) >= 11 is 0. The monoisotopic (exact) mass is 260 g/mol. The molecule has 1 heterocycles. The molecule has 0 bridgehead atoms. The zero-order valence-electron chi connectivity index (χ0n) is 11.2. The number of hydrogen-bond acceptors (Lipinski definition) is 5. The minimum absolute atomic E-state index is 0.252. The summed E-state index contributed by atoms with van der Waals surface area (Å²) < 4.78 is 4.94. The van der Waals surface area contributed by atoms with Gasteiger partial charge in [0, 0.05) is 25.7 Å². The van der Waals surface area contributed by atoms with Gasteiger partial charge in [0.1, 0.15) is 0 Å². The molecule has 1 aliphatic rings. The maximum atomic E-state index is 11.5. The van der Waals surface area contributed by atoms with Crippen LogP contribution in [0.4, 0.5) is 4.79 Å². The van der Waals surface area contributed by atoms with Gasteiger partial charge in [-0.1, -0.05) is 0 Å². The number of piperidine rings is 1. The van der Waals surface area contributed by atoms with Crippen molar-refractivity contribution >= 4 is 6.09 Å². The fraction of sp³-hybridized carbons (Fsp3) is 0.917. The van der Waals surface area contributed by atoms with Crippen LogP contribution in [-0.4, -0.2) is 65.7 Å². The Kier molecular flexibility index (Phi) is 5.84. The summed E-state index contributed by atoms with van der Waals surface area (Å²) in [6.07, 6.45) is 1.42. The summed E-state index contributed by atoms with van der Waals surface area (Å²) in [4.78, 5) is 13.2. The number of ether oxygens (including phenoxy) is 1. The van der Waals surface area contributed by atoms with Crippen molar-refractivity contribution in [2.45, 2.75) is 38.3 Å². The predicted octanol–water partition coefficient (Wildman–Crippen LogP) is -0.0598. The molecule has 1 amide bonds. The fourth-order valence-corrected chi connectivity index (χ4v) is 1.90. The zero-order chi connectivity index (χ0) is 13.6. The van der Waals surface area contributed by atoms with Crippen LogP contribution in [0.2, 0.25) is 0 Å². The molecule has 0 radical (unpaired) electrons. The fourth-order valence-electron chi connectivity index (χ4n) is 1.90. The highest BCUT2D eigenvalue weighted by Gasteiger charge is 2.25. The van der Waals surface area contributed by atoms with Crippen LogP contribution in [0.3, 0.4) is 0 Å². The van der Waals surface area contributed by atoms with E-state index in [0.29, 0.717) is 26.2 Å². The molecule has 1 atom stereocenters.